The summed E-state index contributed by atoms with van der Waals surface area (Å²) < 4.78 is 0. The number of carbonyl (C=O) groups is 2. The lowest BCUT2D eigenvalue weighted by molar-refractivity contribution is -0.112. The minimum Gasteiger partial charge on any atom is -0.351 e. The van der Waals surface area contributed by atoms with Gasteiger partial charge in [-0.15, -0.1) is 0 Å². The summed E-state index contributed by atoms with van der Waals surface area (Å²) in [7, 11) is 0. The highest BCUT2D eigenvalue weighted by molar-refractivity contribution is 8.04. The Balaban J connectivity index is 1.42. The van der Waals surface area contributed by atoms with E-state index in [0.717, 1.165) is 35.7 Å². The van der Waals surface area contributed by atoms with Gasteiger partial charge in [0.25, 0.3) is 11.8 Å². The molecule has 1 fully saturated rings. The first-order chi connectivity index (χ1) is 14.1. The van der Waals surface area contributed by atoms with Crippen LogP contribution in [0.1, 0.15) is 34.3 Å². The maximum Gasteiger partial charge on any atom is 0.262 e. The summed E-state index contributed by atoms with van der Waals surface area (Å²) in [5.74, 6) is -0.247. The number of aryl methyl sites for hydroxylation is 1. The number of anilines is 1. The predicted molar refractivity (Wildman–Crippen MR) is 118 cm³/mol. The predicted octanol–water partition coefficient (Wildman–Crippen LogP) is 3.91. The second-order valence-corrected chi connectivity index (χ2v) is 8.58. The zero-order valence-electron chi connectivity index (χ0n) is 16.5. The van der Waals surface area contributed by atoms with E-state index in [4.69, 9.17) is 0 Å². The molecule has 0 saturated carbocycles. The Labute approximate surface area is 175 Å². The summed E-state index contributed by atoms with van der Waals surface area (Å²) in [6, 6.07) is 13.5. The van der Waals surface area contributed by atoms with Gasteiger partial charge in [0.2, 0.25) is 0 Å². The molecule has 2 N–H and O–H groups in total. The molecule has 2 aromatic rings. The Bertz CT molecular complexity index is 964. The van der Waals surface area contributed by atoms with Crippen molar-refractivity contribution in [1.82, 2.24) is 10.2 Å². The second-order valence-electron chi connectivity index (χ2n) is 7.49. The molecule has 2 aromatic carbocycles. The van der Waals surface area contributed by atoms with E-state index in [1.807, 2.05) is 49.4 Å². The van der Waals surface area contributed by atoms with Crippen molar-refractivity contribution in [3.63, 3.8) is 0 Å². The van der Waals surface area contributed by atoms with Crippen LogP contribution < -0.4 is 10.6 Å². The van der Waals surface area contributed by atoms with Crippen molar-refractivity contribution in [1.29, 1.82) is 0 Å². The molecule has 2 aliphatic rings. The van der Waals surface area contributed by atoms with Crippen molar-refractivity contribution in [3.05, 3.63) is 64.1 Å². The number of rotatable bonds is 5. The number of hydrogen-bond acceptors (Lipinski definition) is 4. The van der Waals surface area contributed by atoms with Gasteiger partial charge >= 0.3 is 0 Å². The van der Waals surface area contributed by atoms with E-state index in [1.165, 1.54) is 24.6 Å². The first-order valence-corrected chi connectivity index (χ1v) is 10.8. The molecule has 1 saturated heterocycles. The maximum atomic E-state index is 12.5. The molecule has 0 aromatic heterocycles. The van der Waals surface area contributed by atoms with Crippen LogP contribution in [0.5, 0.6) is 0 Å². The molecular weight excluding hydrogens is 382 g/mol. The Morgan fingerprint density at radius 1 is 1.21 bits per heavy atom. The normalized spacial score (nSPS) is 17.8. The highest BCUT2D eigenvalue weighted by Crippen LogP contribution is 2.39. The molecule has 0 spiro atoms. The summed E-state index contributed by atoms with van der Waals surface area (Å²) in [4.78, 5) is 29.0. The third kappa shape index (κ3) is 4.89. The van der Waals surface area contributed by atoms with Crippen molar-refractivity contribution < 1.29 is 9.59 Å². The fourth-order valence-electron chi connectivity index (χ4n) is 3.65. The fraction of sp³-hybridized carbons (Fsp3) is 0.304. The quantitative estimate of drug-likeness (QED) is 0.738. The standard InChI is InChI=1S/C23H25N3O2S/c1-16-5-4-6-17(13-16)14-21-23(28)25-19-15-18(7-8-20(19)29-21)22(27)24-9-12-26-10-2-3-11-26/h4-8,13-15H,2-3,9-12H2,1H3,(H,24,27)(H,25,28)/b21-14-. The average molecular weight is 408 g/mol. The van der Waals surface area contributed by atoms with Gasteiger partial charge in [-0.25, -0.2) is 0 Å². The molecule has 6 heteroatoms. The fourth-order valence-corrected chi connectivity index (χ4v) is 4.58. The smallest absolute Gasteiger partial charge is 0.262 e. The first-order valence-electron chi connectivity index (χ1n) is 10.0. The van der Waals surface area contributed by atoms with Gasteiger partial charge in [-0.1, -0.05) is 41.6 Å². The van der Waals surface area contributed by atoms with E-state index >= 15 is 0 Å². The van der Waals surface area contributed by atoms with Crippen molar-refractivity contribution in [2.75, 3.05) is 31.5 Å². The van der Waals surface area contributed by atoms with E-state index in [1.54, 1.807) is 6.07 Å². The first kappa shape index (κ1) is 19.7. The number of thioether (sulfide) groups is 1. The number of fused-ring (bicyclic) bond motifs is 1. The van der Waals surface area contributed by atoms with E-state index in [-0.39, 0.29) is 11.8 Å². The summed E-state index contributed by atoms with van der Waals surface area (Å²) in [5, 5.41) is 5.90. The Morgan fingerprint density at radius 2 is 2.03 bits per heavy atom. The molecule has 0 atom stereocenters. The minimum absolute atomic E-state index is 0.104. The van der Waals surface area contributed by atoms with Gasteiger partial charge in [0.05, 0.1) is 10.6 Å². The highest BCUT2D eigenvalue weighted by Gasteiger charge is 2.22. The van der Waals surface area contributed by atoms with Crippen molar-refractivity contribution >= 4 is 35.3 Å². The molecular formula is C23H25N3O2S. The van der Waals surface area contributed by atoms with Crippen molar-refractivity contribution in [3.8, 4) is 0 Å². The monoisotopic (exact) mass is 407 g/mol. The van der Waals surface area contributed by atoms with Gasteiger partial charge in [0, 0.05) is 23.5 Å². The Kier molecular flexibility index (Phi) is 6.02. The van der Waals surface area contributed by atoms with Crippen LogP contribution in [0.15, 0.2) is 52.3 Å². The van der Waals surface area contributed by atoms with E-state index in [2.05, 4.69) is 15.5 Å². The van der Waals surface area contributed by atoms with Gasteiger partial charge in [-0.05, 0) is 62.7 Å². The summed E-state index contributed by atoms with van der Waals surface area (Å²) in [6.07, 6.45) is 4.39. The number of nitrogens with one attached hydrogen (secondary N) is 2. The Morgan fingerprint density at radius 3 is 2.83 bits per heavy atom. The molecule has 0 unspecified atom stereocenters. The van der Waals surface area contributed by atoms with Crippen molar-refractivity contribution in [2.45, 2.75) is 24.7 Å². The summed E-state index contributed by atoms with van der Waals surface area (Å²) in [5.41, 5.74) is 3.41. The second kappa shape index (κ2) is 8.84. The Hall–Kier alpha value is -2.57. The largest absolute Gasteiger partial charge is 0.351 e. The van der Waals surface area contributed by atoms with Crippen LogP contribution in [-0.2, 0) is 4.79 Å². The van der Waals surface area contributed by atoms with Crippen LogP contribution in [-0.4, -0.2) is 42.9 Å². The third-order valence-electron chi connectivity index (χ3n) is 5.19. The summed E-state index contributed by atoms with van der Waals surface area (Å²) >= 11 is 1.43. The molecule has 150 valence electrons. The van der Waals surface area contributed by atoms with Gasteiger partial charge in [0.15, 0.2) is 0 Å². The number of hydrogen-bond donors (Lipinski definition) is 2. The van der Waals surface area contributed by atoms with Crippen LogP contribution in [0, 0.1) is 6.92 Å². The lowest BCUT2D eigenvalue weighted by Crippen LogP contribution is -2.33. The van der Waals surface area contributed by atoms with Crippen LogP contribution in [0.4, 0.5) is 5.69 Å². The zero-order chi connectivity index (χ0) is 20.2. The number of nitrogens with zero attached hydrogens (tertiary/aromatic N) is 1. The lowest BCUT2D eigenvalue weighted by atomic mass is 10.1. The molecule has 5 nitrogen and oxygen atoms in total. The molecule has 2 heterocycles. The van der Waals surface area contributed by atoms with E-state index < -0.39 is 0 Å². The number of amides is 2. The molecule has 2 aliphatic heterocycles. The van der Waals surface area contributed by atoms with Crippen LogP contribution >= 0.6 is 11.8 Å². The average Bonchev–Trinajstić information content (AvgIpc) is 3.22. The lowest BCUT2D eigenvalue weighted by Gasteiger charge is -2.20. The topological polar surface area (TPSA) is 61.4 Å². The van der Waals surface area contributed by atoms with Gasteiger partial charge in [0.1, 0.15) is 0 Å². The van der Waals surface area contributed by atoms with Crippen LogP contribution in [0.25, 0.3) is 6.08 Å². The zero-order valence-corrected chi connectivity index (χ0v) is 17.3. The molecule has 4 rings (SSSR count). The van der Waals surface area contributed by atoms with Gasteiger partial charge < -0.3 is 15.5 Å². The molecule has 0 aliphatic carbocycles. The number of carbonyl (C=O) groups excluding carboxylic acids is 2. The SMILES string of the molecule is Cc1cccc(/C=C2\Sc3ccc(C(=O)NCCN4CCCC4)cc3NC2=O)c1. The van der Waals surface area contributed by atoms with E-state index in [9.17, 15) is 9.59 Å². The molecule has 2 amide bonds. The third-order valence-corrected chi connectivity index (χ3v) is 6.28. The molecule has 29 heavy (non-hydrogen) atoms. The van der Waals surface area contributed by atoms with Gasteiger partial charge in [-0.3, -0.25) is 9.59 Å². The molecule has 0 bridgehead atoms. The van der Waals surface area contributed by atoms with Crippen LogP contribution in [0.2, 0.25) is 0 Å². The molecule has 0 radical (unpaired) electrons. The van der Waals surface area contributed by atoms with Crippen molar-refractivity contribution in [2.24, 2.45) is 0 Å². The minimum atomic E-state index is -0.143. The summed E-state index contributed by atoms with van der Waals surface area (Å²) in [6.45, 7) is 5.80. The van der Waals surface area contributed by atoms with Gasteiger partial charge in [-0.2, -0.15) is 0 Å². The maximum absolute atomic E-state index is 12.5. The highest BCUT2D eigenvalue weighted by atomic mass is 32.2. The van der Waals surface area contributed by atoms with E-state index in [0.29, 0.717) is 22.7 Å². The number of benzene rings is 2. The number of likely N-dealkylation sites (tertiary alicyclic amines) is 1. The van der Waals surface area contributed by atoms with Crippen LogP contribution in [0.3, 0.4) is 0 Å².